The first-order valence-electron chi connectivity index (χ1n) is 7.38. The Labute approximate surface area is 126 Å². The van der Waals surface area contributed by atoms with Crippen LogP contribution in [0.1, 0.15) is 24.7 Å². The van der Waals surface area contributed by atoms with Crippen LogP contribution in [-0.2, 0) is 16.6 Å². The van der Waals surface area contributed by atoms with Crippen molar-refractivity contribution < 1.29 is 8.42 Å². The van der Waals surface area contributed by atoms with E-state index in [-0.39, 0.29) is 4.90 Å². The van der Waals surface area contributed by atoms with E-state index in [1.54, 1.807) is 14.0 Å². The number of sulfonamides is 1. The van der Waals surface area contributed by atoms with Crippen molar-refractivity contribution in [2.24, 2.45) is 5.92 Å². The number of likely N-dealkylation sites (tertiary alicyclic amines) is 1. The van der Waals surface area contributed by atoms with E-state index in [4.69, 9.17) is 0 Å². The molecule has 0 radical (unpaired) electrons. The van der Waals surface area contributed by atoms with Gasteiger partial charge >= 0.3 is 0 Å². The van der Waals surface area contributed by atoms with Gasteiger partial charge in [0.1, 0.15) is 4.90 Å². The van der Waals surface area contributed by atoms with Gasteiger partial charge < -0.3 is 10.2 Å². The molecule has 1 aromatic heterocycles. The summed E-state index contributed by atoms with van der Waals surface area (Å²) >= 11 is 0. The lowest BCUT2D eigenvalue weighted by Crippen LogP contribution is -2.32. The van der Waals surface area contributed by atoms with E-state index in [0.717, 1.165) is 26.1 Å². The van der Waals surface area contributed by atoms with Gasteiger partial charge in [0.25, 0.3) is 0 Å². The molecule has 0 aliphatic carbocycles. The number of hydrogen-bond donors (Lipinski definition) is 3. The Hall–Kier alpha value is -0.960. The maximum atomic E-state index is 12.5. The average Bonchev–Trinajstić information content (AvgIpc) is 3.04. The van der Waals surface area contributed by atoms with Crippen LogP contribution in [0.2, 0.25) is 0 Å². The van der Waals surface area contributed by atoms with E-state index >= 15 is 0 Å². The molecule has 0 aromatic carbocycles. The summed E-state index contributed by atoms with van der Waals surface area (Å²) in [6.07, 6.45) is 1.05. The van der Waals surface area contributed by atoms with Crippen LogP contribution in [0.4, 0.5) is 0 Å². The molecule has 3 N–H and O–H groups in total. The van der Waals surface area contributed by atoms with Gasteiger partial charge in [-0.25, -0.2) is 13.1 Å². The Bertz CT molecular complexity index is 569. The van der Waals surface area contributed by atoms with Crippen molar-refractivity contribution in [1.82, 2.24) is 25.1 Å². The number of aromatic amines is 1. The van der Waals surface area contributed by atoms with Crippen LogP contribution >= 0.6 is 0 Å². The molecule has 1 atom stereocenters. The zero-order valence-electron chi connectivity index (χ0n) is 12.9. The van der Waals surface area contributed by atoms with Crippen molar-refractivity contribution in [3.8, 4) is 0 Å². The van der Waals surface area contributed by atoms with Crippen LogP contribution in [0.3, 0.4) is 0 Å². The number of aromatic nitrogens is 2. The molecule has 8 heteroatoms. The van der Waals surface area contributed by atoms with Gasteiger partial charge in [0.2, 0.25) is 10.0 Å². The minimum atomic E-state index is -3.51. The highest BCUT2D eigenvalue weighted by Crippen LogP contribution is 2.19. The standard InChI is InChI=1S/C13H25N5O2S/c1-4-18-6-5-11(9-18)7-15-21(19,20)13-10(2)16-17-12(13)8-14-3/h11,14-15H,4-9H2,1-3H3,(H,16,17). The predicted octanol–water partition coefficient (Wildman–Crippen LogP) is 0.0576. The highest BCUT2D eigenvalue weighted by molar-refractivity contribution is 7.89. The summed E-state index contributed by atoms with van der Waals surface area (Å²) in [7, 11) is -1.74. The smallest absolute Gasteiger partial charge is 0.244 e. The molecule has 1 unspecified atom stereocenters. The van der Waals surface area contributed by atoms with Crippen LogP contribution in [0, 0.1) is 12.8 Å². The van der Waals surface area contributed by atoms with Gasteiger partial charge in [-0.05, 0) is 39.4 Å². The first kappa shape index (κ1) is 16.4. The minimum absolute atomic E-state index is 0.280. The van der Waals surface area contributed by atoms with Crippen molar-refractivity contribution in [2.75, 3.05) is 33.2 Å². The second-order valence-electron chi connectivity index (χ2n) is 5.55. The normalized spacial score (nSPS) is 20.2. The van der Waals surface area contributed by atoms with E-state index in [1.165, 1.54) is 0 Å². The van der Waals surface area contributed by atoms with Crippen molar-refractivity contribution in [3.05, 3.63) is 11.4 Å². The quantitative estimate of drug-likeness (QED) is 0.662. The lowest BCUT2D eigenvalue weighted by atomic mass is 10.1. The first-order valence-corrected chi connectivity index (χ1v) is 8.86. The van der Waals surface area contributed by atoms with E-state index in [0.29, 0.717) is 30.4 Å². The Kier molecular flexibility index (Phi) is 5.37. The summed E-state index contributed by atoms with van der Waals surface area (Å²) in [5.41, 5.74) is 1.11. The molecule has 1 aliphatic heterocycles. The molecule has 21 heavy (non-hydrogen) atoms. The van der Waals surface area contributed by atoms with E-state index in [1.807, 2.05) is 0 Å². The molecule has 0 saturated carbocycles. The predicted molar refractivity (Wildman–Crippen MR) is 81.5 cm³/mol. The number of aryl methyl sites for hydroxylation is 1. The average molecular weight is 315 g/mol. The van der Waals surface area contributed by atoms with Gasteiger partial charge in [0, 0.05) is 19.6 Å². The van der Waals surface area contributed by atoms with Crippen molar-refractivity contribution in [1.29, 1.82) is 0 Å². The highest BCUT2D eigenvalue weighted by atomic mass is 32.2. The molecule has 2 heterocycles. The summed E-state index contributed by atoms with van der Waals surface area (Å²) in [6, 6.07) is 0. The lowest BCUT2D eigenvalue weighted by Gasteiger charge is -2.14. The highest BCUT2D eigenvalue weighted by Gasteiger charge is 2.27. The Morgan fingerprint density at radius 3 is 2.86 bits per heavy atom. The summed E-state index contributed by atoms with van der Waals surface area (Å²) in [5.74, 6) is 0.389. The zero-order chi connectivity index (χ0) is 15.5. The summed E-state index contributed by atoms with van der Waals surface area (Å²) in [4.78, 5) is 2.62. The molecular weight excluding hydrogens is 290 g/mol. The molecule has 7 nitrogen and oxygen atoms in total. The Morgan fingerprint density at radius 2 is 2.24 bits per heavy atom. The summed E-state index contributed by atoms with van der Waals surface area (Å²) < 4.78 is 27.8. The number of H-pyrrole nitrogens is 1. The first-order chi connectivity index (χ1) is 9.97. The molecule has 0 bridgehead atoms. The van der Waals surface area contributed by atoms with Crippen LogP contribution in [0.5, 0.6) is 0 Å². The zero-order valence-corrected chi connectivity index (χ0v) is 13.8. The second kappa shape index (κ2) is 6.87. The number of hydrogen-bond acceptors (Lipinski definition) is 5. The van der Waals surface area contributed by atoms with E-state index in [9.17, 15) is 8.42 Å². The van der Waals surface area contributed by atoms with Crippen LogP contribution in [-0.4, -0.2) is 56.7 Å². The molecule has 0 spiro atoms. The van der Waals surface area contributed by atoms with Gasteiger partial charge in [-0.3, -0.25) is 5.10 Å². The van der Waals surface area contributed by atoms with Gasteiger partial charge in [0.15, 0.2) is 0 Å². The lowest BCUT2D eigenvalue weighted by molar-refractivity contribution is 0.342. The molecule has 2 rings (SSSR count). The third-order valence-electron chi connectivity index (χ3n) is 3.95. The SMILES string of the molecule is CCN1CCC(CNS(=O)(=O)c2c(CNC)n[nH]c2C)C1. The van der Waals surface area contributed by atoms with Gasteiger partial charge in [-0.2, -0.15) is 5.10 Å². The fourth-order valence-corrected chi connectivity index (χ4v) is 4.26. The molecule has 1 aromatic rings. The Morgan fingerprint density at radius 1 is 1.48 bits per heavy atom. The molecular formula is C13H25N5O2S. The molecule has 120 valence electrons. The number of nitrogens with one attached hydrogen (secondary N) is 3. The maximum Gasteiger partial charge on any atom is 0.244 e. The number of rotatable bonds is 7. The number of nitrogens with zero attached hydrogens (tertiary/aromatic N) is 2. The fraction of sp³-hybridized carbons (Fsp3) is 0.769. The molecule has 1 aliphatic rings. The van der Waals surface area contributed by atoms with Gasteiger partial charge in [-0.1, -0.05) is 6.92 Å². The largest absolute Gasteiger partial charge is 0.314 e. The van der Waals surface area contributed by atoms with Crippen LogP contribution < -0.4 is 10.0 Å². The van der Waals surface area contributed by atoms with Gasteiger partial charge in [0.05, 0.1) is 11.4 Å². The summed E-state index contributed by atoms with van der Waals surface area (Å²) in [6.45, 7) is 7.82. The topological polar surface area (TPSA) is 90.1 Å². The van der Waals surface area contributed by atoms with Gasteiger partial charge in [-0.15, -0.1) is 0 Å². The third-order valence-corrected chi connectivity index (χ3v) is 5.58. The molecule has 1 fully saturated rings. The maximum absolute atomic E-state index is 12.5. The van der Waals surface area contributed by atoms with Crippen molar-refractivity contribution in [3.63, 3.8) is 0 Å². The molecule has 0 amide bonds. The van der Waals surface area contributed by atoms with E-state index < -0.39 is 10.0 Å². The monoisotopic (exact) mass is 315 g/mol. The Balaban J connectivity index is 2.04. The van der Waals surface area contributed by atoms with Crippen molar-refractivity contribution in [2.45, 2.75) is 31.7 Å². The fourth-order valence-electron chi connectivity index (χ4n) is 2.78. The van der Waals surface area contributed by atoms with Crippen molar-refractivity contribution >= 4 is 10.0 Å². The second-order valence-corrected chi connectivity index (χ2v) is 7.26. The third kappa shape index (κ3) is 3.82. The van der Waals surface area contributed by atoms with E-state index in [2.05, 4.69) is 32.1 Å². The summed E-state index contributed by atoms with van der Waals surface area (Å²) in [5, 5.41) is 9.76. The van der Waals surface area contributed by atoms with Crippen LogP contribution in [0.15, 0.2) is 4.90 Å². The van der Waals surface area contributed by atoms with Crippen LogP contribution in [0.25, 0.3) is 0 Å². The minimum Gasteiger partial charge on any atom is -0.314 e. The molecule has 1 saturated heterocycles.